The highest BCUT2D eigenvalue weighted by molar-refractivity contribution is 5.88. The molecule has 86 valence electrons. The molecule has 2 rings (SSSR count). The Balaban J connectivity index is 1.83. The number of nitrogens with zero attached hydrogens (tertiary/aromatic N) is 1. The van der Waals surface area contributed by atoms with Gasteiger partial charge in [0.25, 0.3) is 0 Å². The van der Waals surface area contributed by atoms with Crippen molar-refractivity contribution in [3.8, 4) is 0 Å². The molecule has 0 aliphatic rings. The second-order valence-electron chi connectivity index (χ2n) is 3.51. The van der Waals surface area contributed by atoms with Crippen molar-refractivity contribution in [3.05, 3.63) is 60.3 Å². The van der Waals surface area contributed by atoms with Crippen molar-refractivity contribution < 1.29 is 4.79 Å². The van der Waals surface area contributed by atoms with Crippen LogP contribution in [0.5, 0.6) is 0 Å². The Kier molecular flexibility index (Phi) is 3.70. The van der Waals surface area contributed by atoms with E-state index in [-0.39, 0.29) is 6.03 Å². The van der Waals surface area contributed by atoms with Gasteiger partial charge < -0.3 is 5.32 Å². The van der Waals surface area contributed by atoms with E-state index in [9.17, 15) is 4.79 Å². The maximum atomic E-state index is 11.5. The summed E-state index contributed by atoms with van der Waals surface area (Å²) in [6, 6.07) is 14.8. The topological polar surface area (TPSA) is 54.0 Å². The normalized spacial score (nSPS) is 9.65. The first-order valence-corrected chi connectivity index (χ1v) is 5.34. The largest absolute Gasteiger partial charge is 0.334 e. The van der Waals surface area contributed by atoms with Gasteiger partial charge in [-0.05, 0) is 17.7 Å². The Morgan fingerprint density at radius 1 is 1.06 bits per heavy atom. The zero-order valence-electron chi connectivity index (χ0n) is 9.26. The summed E-state index contributed by atoms with van der Waals surface area (Å²) in [4.78, 5) is 15.5. The van der Waals surface area contributed by atoms with E-state index in [4.69, 9.17) is 0 Å². The van der Waals surface area contributed by atoms with E-state index in [1.54, 1.807) is 18.3 Å². The van der Waals surface area contributed by atoms with Crippen LogP contribution >= 0.6 is 0 Å². The fourth-order valence-corrected chi connectivity index (χ4v) is 1.38. The Hall–Kier alpha value is -2.36. The molecule has 2 aromatic rings. The number of pyridine rings is 1. The average Bonchev–Trinajstić information content (AvgIpc) is 2.39. The van der Waals surface area contributed by atoms with Gasteiger partial charge >= 0.3 is 6.03 Å². The SMILES string of the molecule is O=C(NCc1ccccc1)Nc1ccccn1. The summed E-state index contributed by atoms with van der Waals surface area (Å²) in [7, 11) is 0. The number of rotatable bonds is 3. The Bertz CT molecular complexity index is 471. The molecule has 0 spiro atoms. The molecular weight excluding hydrogens is 214 g/mol. The van der Waals surface area contributed by atoms with Gasteiger partial charge in [-0.2, -0.15) is 0 Å². The van der Waals surface area contributed by atoms with Crippen molar-refractivity contribution in [1.82, 2.24) is 10.3 Å². The molecule has 0 unspecified atom stereocenters. The molecule has 0 saturated carbocycles. The lowest BCUT2D eigenvalue weighted by Crippen LogP contribution is -2.28. The molecule has 0 saturated heterocycles. The molecule has 0 atom stereocenters. The van der Waals surface area contributed by atoms with Crippen molar-refractivity contribution >= 4 is 11.8 Å². The van der Waals surface area contributed by atoms with Crippen LogP contribution in [0.3, 0.4) is 0 Å². The number of carbonyl (C=O) groups excluding carboxylic acids is 1. The molecule has 0 aliphatic carbocycles. The number of hydrogen-bond acceptors (Lipinski definition) is 2. The molecular formula is C13H13N3O. The minimum absolute atomic E-state index is 0.257. The maximum absolute atomic E-state index is 11.5. The zero-order valence-corrected chi connectivity index (χ0v) is 9.26. The Labute approximate surface area is 99.7 Å². The van der Waals surface area contributed by atoms with Crippen LogP contribution in [0.2, 0.25) is 0 Å². The zero-order chi connectivity index (χ0) is 11.9. The molecule has 0 fully saturated rings. The lowest BCUT2D eigenvalue weighted by atomic mass is 10.2. The molecule has 4 heteroatoms. The Morgan fingerprint density at radius 3 is 2.53 bits per heavy atom. The standard InChI is InChI=1S/C13H13N3O/c17-13(16-12-8-4-5-9-14-12)15-10-11-6-2-1-3-7-11/h1-9H,10H2,(H2,14,15,16,17). The smallest absolute Gasteiger partial charge is 0.320 e. The molecule has 2 N–H and O–H groups in total. The number of aromatic nitrogens is 1. The number of urea groups is 1. The summed E-state index contributed by atoms with van der Waals surface area (Å²) in [5.41, 5.74) is 1.06. The van der Waals surface area contributed by atoms with Gasteiger partial charge in [0.1, 0.15) is 5.82 Å². The van der Waals surface area contributed by atoms with Crippen LogP contribution in [0.15, 0.2) is 54.7 Å². The van der Waals surface area contributed by atoms with Gasteiger partial charge in [0.05, 0.1) is 0 Å². The van der Waals surface area contributed by atoms with Gasteiger partial charge in [-0.1, -0.05) is 36.4 Å². The summed E-state index contributed by atoms with van der Waals surface area (Å²) in [6.45, 7) is 0.500. The molecule has 2 amide bonds. The van der Waals surface area contributed by atoms with Gasteiger partial charge in [-0.25, -0.2) is 9.78 Å². The van der Waals surface area contributed by atoms with Gasteiger partial charge in [0, 0.05) is 12.7 Å². The molecule has 1 aromatic heterocycles. The molecule has 0 aliphatic heterocycles. The average molecular weight is 227 g/mol. The number of amides is 2. The lowest BCUT2D eigenvalue weighted by molar-refractivity contribution is 0.251. The van der Waals surface area contributed by atoms with Crippen molar-refractivity contribution in [2.75, 3.05) is 5.32 Å². The first-order chi connectivity index (χ1) is 8.34. The molecule has 1 aromatic carbocycles. The minimum atomic E-state index is -0.257. The number of carbonyl (C=O) groups is 1. The highest BCUT2D eigenvalue weighted by Gasteiger charge is 2.01. The third-order valence-electron chi connectivity index (χ3n) is 2.20. The Morgan fingerprint density at radius 2 is 1.82 bits per heavy atom. The molecule has 1 heterocycles. The van der Waals surface area contributed by atoms with Gasteiger partial charge in [-0.3, -0.25) is 5.32 Å². The fraction of sp³-hybridized carbons (Fsp3) is 0.0769. The van der Waals surface area contributed by atoms with E-state index in [0.717, 1.165) is 5.56 Å². The highest BCUT2D eigenvalue weighted by atomic mass is 16.2. The molecule has 4 nitrogen and oxygen atoms in total. The molecule has 0 bridgehead atoms. The summed E-state index contributed by atoms with van der Waals surface area (Å²) in [6.07, 6.45) is 1.63. The summed E-state index contributed by atoms with van der Waals surface area (Å²) >= 11 is 0. The van der Waals surface area contributed by atoms with E-state index in [1.807, 2.05) is 36.4 Å². The minimum Gasteiger partial charge on any atom is -0.334 e. The van der Waals surface area contributed by atoms with Gasteiger partial charge in [0.15, 0.2) is 0 Å². The summed E-state index contributed by atoms with van der Waals surface area (Å²) < 4.78 is 0. The predicted molar refractivity (Wildman–Crippen MR) is 66.5 cm³/mol. The highest BCUT2D eigenvalue weighted by Crippen LogP contribution is 2.00. The molecule has 0 radical (unpaired) electrons. The van der Waals surface area contributed by atoms with E-state index in [1.165, 1.54) is 0 Å². The van der Waals surface area contributed by atoms with Crippen molar-refractivity contribution in [3.63, 3.8) is 0 Å². The van der Waals surface area contributed by atoms with Crippen LogP contribution in [0.1, 0.15) is 5.56 Å². The van der Waals surface area contributed by atoms with Crippen LogP contribution in [-0.4, -0.2) is 11.0 Å². The fourth-order valence-electron chi connectivity index (χ4n) is 1.38. The van der Waals surface area contributed by atoms with E-state index >= 15 is 0 Å². The summed E-state index contributed by atoms with van der Waals surface area (Å²) in [5, 5.41) is 5.41. The first-order valence-electron chi connectivity index (χ1n) is 5.34. The van der Waals surface area contributed by atoms with Crippen molar-refractivity contribution in [2.24, 2.45) is 0 Å². The maximum Gasteiger partial charge on any atom is 0.320 e. The summed E-state index contributed by atoms with van der Waals surface area (Å²) in [5.74, 6) is 0.540. The van der Waals surface area contributed by atoms with Gasteiger partial charge in [-0.15, -0.1) is 0 Å². The number of nitrogens with one attached hydrogen (secondary N) is 2. The molecule has 17 heavy (non-hydrogen) atoms. The number of benzene rings is 1. The number of anilines is 1. The van der Waals surface area contributed by atoms with Crippen molar-refractivity contribution in [2.45, 2.75) is 6.54 Å². The van der Waals surface area contributed by atoms with Crippen LogP contribution in [0.4, 0.5) is 10.6 Å². The van der Waals surface area contributed by atoms with Crippen LogP contribution < -0.4 is 10.6 Å². The third-order valence-corrected chi connectivity index (χ3v) is 2.20. The lowest BCUT2D eigenvalue weighted by Gasteiger charge is -2.06. The number of hydrogen-bond donors (Lipinski definition) is 2. The first kappa shape index (κ1) is 11.1. The predicted octanol–water partition coefficient (Wildman–Crippen LogP) is 2.40. The second-order valence-corrected chi connectivity index (χ2v) is 3.51. The van der Waals surface area contributed by atoms with E-state index < -0.39 is 0 Å². The van der Waals surface area contributed by atoms with E-state index in [2.05, 4.69) is 15.6 Å². The van der Waals surface area contributed by atoms with Crippen molar-refractivity contribution in [1.29, 1.82) is 0 Å². The van der Waals surface area contributed by atoms with E-state index in [0.29, 0.717) is 12.4 Å². The van der Waals surface area contributed by atoms with Gasteiger partial charge in [0.2, 0.25) is 0 Å². The van der Waals surface area contributed by atoms with Crippen LogP contribution in [0, 0.1) is 0 Å². The quantitative estimate of drug-likeness (QED) is 0.846. The van der Waals surface area contributed by atoms with Crippen LogP contribution in [0.25, 0.3) is 0 Å². The second kappa shape index (κ2) is 5.65. The monoisotopic (exact) mass is 227 g/mol. The van der Waals surface area contributed by atoms with Crippen LogP contribution in [-0.2, 0) is 6.54 Å². The third kappa shape index (κ3) is 3.61.